The minimum Gasteiger partial charge on any atom is -0.484 e. The second-order valence-corrected chi connectivity index (χ2v) is 6.01. The maximum Gasteiger partial charge on any atom is 0.338 e. The number of esters is 1. The largest absolute Gasteiger partial charge is 0.484 e. The number of carbonyl (C=O) groups is 3. The van der Waals surface area contributed by atoms with Gasteiger partial charge in [-0.3, -0.25) is 9.59 Å². The zero-order valence-corrected chi connectivity index (χ0v) is 16.0. The Hall–Kier alpha value is -3.35. The molecular formula is C21H24N2O5. The topological polar surface area (TPSA) is 93.7 Å². The van der Waals surface area contributed by atoms with Gasteiger partial charge < -0.3 is 20.1 Å². The molecule has 148 valence electrons. The summed E-state index contributed by atoms with van der Waals surface area (Å²) in [5, 5.41) is 5.21. The highest BCUT2D eigenvalue weighted by molar-refractivity contribution is 5.96. The Labute approximate surface area is 164 Å². The molecule has 28 heavy (non-hydrogen) atoms. The van der Waals surface area contributed by atoms with Gasteiger partial charge in [0, 0.05) is 18.3 Å². The first-order valence-electron chi connectivity index (χ1n) is 9.05. The van der Waals surface area contributed by atoms with Crippen molar-refractivity contribution in [2.45, 2.75) is 19.8 Å². The summed E-state index contributed by atoms with van der Waals surface area (Å²) in [4.78, 5) is 35.3. The van der Waals surface area contributed by atoms with Crippen LogP contribution in [0.3, 0.4) is 0 Å². The average molecular weight is 384 g/mol. The molecule has 0 unspecified atom stereocenters. The summed E-state index contributed by atoms with van der Waals surface area (Å²) >= 11 is 0. The molecular weight excluding hydrogens is 360 g/mol. The fourth-order valence-corrected chi connectivity index (χ4v) is 2.28. The Morgan fingerprint density at radius 1 is 0.929 bits per heavy atom. The van der Waals surface area contributed by atoms with E-state index in [-0.39, 0.29) is 24.4 Å². The first-order chi connectivity index (χ1) is 13.5. The minimum atomic E-state index is -0.377. The van der Waals surface area contributed by atoms with Gasteiger partial charge in [-0.2, -0.15) is 0 Å². The molecule has 2 aromatic carbocycles. The van der Waals surface area contributed by atoms with Gasteiger partial charge in [0.05, 0.1) is 12.2 Å². The van der Waals surface area contributed by atoms with E-state index in [1.54, 1.807) is 55.6 Å². The van der Waals surface area contributed by atoms with Crippen molar-refractivity contribution in [1.82, 2.24) is 5.32 Å². The highest BCUT2D eigenvalue weighted by atomic mass is 16.5. The molecule has 2 amide bonds. The lowest BCUT2D eigenvalue weighted by Crippen LogP contribution is -2.20. The molecule has 0 fully saturated rings. The molecule has 0 radical (unpaired) electrons. The number of unbranched alkanes of at least 4 members (excludes halogenated alkanes) is 1. The molecule has 0 aliphatic heterocycles. The van der Waals surface area contributed by atoms with E-state index in [1.165, 1.54) is 0 Å². The van der Waals surface area contributed by atoms with Crippen molar-refractivity contribution >= 4 is 23.5 Å². The predicted octanol–water partition coefficient (Wildman–Crippen LogP) is 3.02. The smallest absolute Gasteiger partial charge is 0.338 e. The van der Waals surface area contributed by atoms with Gasteiger partial charge in [0.25, 0.3) is 11.8 Å². The Kier molecular flexibility index (Phi) is 8.02. The molecule has 0 atom stereocenters. The Morgan fingerprint density at radius 3 is 2.18 bits per heavy atom. The molecule has 2 N–H and O–H groups in total. The van der Waals surface area contributed by atoms with Crippen LogP contribution in [0.2, 0.25) is 0 Å². The molecule has 0 aliphatic carbocycles. The van der Waals surface area contributed by atoms with Gasteiger partial charge in [0.15, 0.2) is 6.61 Å². The van der Waals surface area contributed by atoms with Gasteiger partial charge in [-0.25, -0.2) is 4.79 Å². The fourth-order valence-electron chi connectivity index (χ4n) is 2.28. The molecule has 7 heteroatoms. The highest BCUT2D eigenvalue weighted by Gasteiger charge is 2.09. The van der Waals surface area contributed by atoms with Crippen molar-refractivity contribution in [2.24, 2.45) is 0 Å². The number of rotatable bonds is 9. The van der Waals surface area contributed by atoms with E-state index in [1.807, 2.05) is 6.92 Å². The van der Waals surface area contributed by atoms with Crippen molar-refractivity contribution in [3.63, 3.8) is 0 Å². The summed E-state index contributed by atoms with van der Waals surface area (Å²) < 4.78 is 10.6. The number of ether oxygens (including phenoxy) is 2. The van der Waals surface area contributed by atoms with Crippen LogP contribution in [-0.2, 0) is 9.53 Å². The summed E-state index contributed by atoms with van der Waals surface area (Å²) in [5.41, 5.74) is 1.50. The molecule has 0 spiro atoms. The Bertz CT molecular complexity index is 801. The monoisotopic (exact) mass is 384 g/mol. The summed E-state index contributed by atoms with van der Waals surface area (Å²) in [6.07, 6.45) is 1.79. The molecule has 0 aliphatic rings. The van der Waals surface area contributed by atoms with Crippen molar-refractivity contribution < 1.29 is 23.9 Å². The molecule has 0 bridgehead atoms. The zero-order valence-electron chi connectivity index (χ0n) is 16.0. The van der Waals surface area contributed by atoms with Crippen molar-refractivity contribution in [2.75, 3.05) is 25.6 Å². The van der Waals surface area contributed by atoms with Crippen LogP contribution in [0.15, 0.2) is 48.5 Å². The van der Waals surface area contributed by atoms with Gasteiger partial charge in [-0.1, -0.05) is 13.3 Å². The second kappa shape index (κ2) is 10.7. The summed E-state index contributed by atoms with van der Waals surface area (Å²) in [6.45, 7) is 2.24. The van der Waals surface area contributed by atoms with Crippen LogP contribution < -0.4 is 15.4 Å². The Balaban J connectivity index is 1.80. The number of benzene rings is 2. The van der Waals surface area contributed by atoms with Crippen molar-refractivity contribution in [1.29, 1.82) is 0 Å². The second-order valence-electron chi connectivity index (χ2n) is 6.01. The third-order valence-electron chi connectivity index (χ3n) is 3.85. The van der Waals surface area contributed by atoms with Crippen molar-refractivity contribution in [3.05, 3.63) is 59.7 Å². The molecule has 7 nitrogen and oxygen atoms in total. The van der Waals surface area contributed by atoms with Gasteiger partial charge in [0.1, 0.15) is 5.75 Å². The lowest BCUT2D eigenvalue weighted by molar-refractivity contribution is -0.118. The zero-order chi connectivity index (χ0) is 20.4. The minimum absolute atomic E-state index is 0.183. The number of amides is 2. The summed E-state index contributed by atoms with van der Waals surface area (Å²) in [7, 11) is 1.55. The van der Waals surface area contributed by atoms with Crippen LogP contribution in [0.1, 0.15) is 40.5 Å². The highest BCUT2D eigenvalue weighted by Crippen LogP contribution is 2.14. The first kappa shape index (κ1) is 21.0. The maximum atomic E-state index is 12.0. The number of hydrogen-bond donors (Lipinski definition) is 2. The molecule has 0 saturated heterocycles. The van der Waals surface area contributed by atoms with E-state index >= 15 is 0 Å². The van der Waals surface area contributed by atoms with Crippen LogP contribution in [0.5, 0.6) is 5.75 Å². The van der Waals surface area contributed by atoms with E-state index in [0.29, 0.717) is 29.2 Å². The predicted molar refractivity (Wildman–Crippen MR) is 106 cm³/mol. The third-order valence-corrected chi connectivity index (χ3v) is 3.85. The fraction of sp³-hybridized carbons (Fsp3) is 0.286. The van der Waals surface area contributed by atoms with Crippen LogP contribution in [0, 0.1) is 0 Å². The van der Waals surface area contributed by atoms with E-state index < -0.39 is 0 Å². The SMILES string of the molecule is CCCCOC(=O)c1ccc(OCC(=O)Nc2ccc(C(=O)NC)cc2)cc1. The normalized spacial score (nSPS) is 10.1. The van der Waals surface area contributed by atoms with E-state index in [4.69, 9.17) is 9.47 Å². The average Bonchev–Trinajstić information content (AvgIpc) is 2.72. The Morgan fingerprint density at radius 2 is 1.57 bits per heavy atom. The lowest BCUT2D eigenvalue weighted by atomic mass is 10.2. The summed E-state index contributed by atoms with van der Waals surface area (Å²) in [5.74, 6) is -0.442. The number of anilines is 1. The number of hydrogen-bond acceptors (Lipinski definition) is 5. The van der Waals surface area contributed by atoms with Gasteiger partial charge in [0.2, 0.25) is 0 Å². The molecule has 0 heterocycles. The van der Waals surface area contributed by atoms with E-state index in [9.17, 15) is 14.4 Å². The summed E-state index contributed by atoms with van der Waals surface area (Å²) in [6, 6.07) is 12.9. The van der Waals surface area contributed by atoms with Gasteiger partial charge in [-0.05, 0) is 55.0 Å². The van der Waals surface area contributed by atoms with Gasteiger partial charge in [-0.15, -0.1) is 0 Å². The standard InChI is InChI=1S/C21H24N2O5/c1-3-4-13-27-21(26)16-7-11-18(12-8-16)28-14-19(24)23-17-9-5-15(6-10-17)20(25)22-2/h5-12H,3-4,13-14H2,1-2H3,(H,22,25)(H,23,24). The molecule has 0 aromatic heterocycles. The van der Waals surface area contributed by atoms with Crippen molar-refractivity contribution in [3.8, 4) is 5.75 Å². The van der Waals surface area contributed by atoms with Gasteiger partial charge >= 0.3 is 5.97 Å². The lowest BCUT2D eigenvalue weighted by Gasteiger charge is -2.09. The van der Waals surface area contributed by atoms with Crippen LogP contribution in [0.4, 0.5) is 5.69 Å². The van der Waals surface area contributed by atoms with E-state index in [0.717, 1.165) is 12.8 Å². The van der Waals surface area contributed by atoms with E-state index in [2.05, 4.69) is 10.6 Å². The number of carbonyl (C=O) groups excluding carboxylic acids is 3. The molecule has 2 aromatic rings. The van der Waals surface area contributed by atoms with Crippen LogP contribution >= 0.6 is 0 Å². The van der Waals surface area contributed by atoms with Crippen LogP contribution in [-0.4, -0.2) is 38.0 Å². The first-order valence-corrected chi connectivity index (χ1v) is 9.05. The molecule has 0 saturated carbocycles. The van der Waals surface area contributed by atoms with Crippen LogP contribution in [0.25, 0.3) is 0 Å². The quantitative estimate of drug-likeness (QED) is 0.512. The molecule has 2 rings (SSSR count). The number of nitrogens with one attached hydrogen (secondary N) is 2. The third kappa shape index (κ3) is 6.42. The maximum absolute atomic E-state index is 12.0.